The molecule has 0 saturated heterocycles. The molecule has 0 aliphatic heterocycles. The summed E-state index contributed by atoms with van der Waals surface area (Å²) < 4.78 is 0. The van der Waals surface area contributed by atoms with Crippen LogP contribution in [0.4, 0.5) is 9.59 Å². The van der Waals surface area contributed by atoms with Crippen molar-refractivity contribution in [2.45, 2.75) is 25.4 Å². The van der Waals surface area contributed by atoms with Crippen LogP contribution in [-0.2, 0) is 11.5 Å². The van der Waals surface area contributed by atoms with Gasteiger partial charge in [-0.15, -0.1) is 0 Å². The number of hydrogen-bond donors (Lipinski definition) is 2. The molecule has 4 nitrogen and oxygen atoms in total. The van der Waals surface area contributed by atoms with Gasteiger partial charge in [0, 0.05) is 22.9 Å². The van der Waals surface area contributed by atoms with E-state index in [2.05, 4.69) is 36.6 Å². The lowest BCUT2D eigenvalue weighted by Crippen LogP contribution is -2.18. The Morgan fingerprint density at radius 3 is 1.20 bits per heavy atom. The minimum atomic E-state index is -0.140. The summed E-state index contributed by atoms with van der Waals surface area (Å²) in [6.45, 7) is 4.15. The number of amides is 2. The molecule has 0 aliphatic carbocycles. The number of carbonyl (C=O) groups is 2. The van der Waals surface area contributed by atoms with Crippen molar-refractivity contribution < 1.29 is 9.59 Å². The van der Waals surface area contributed by atoms with Gasteiger partial charge in [0.2, 0.25) is 0 Å². The number of aryl methyl sites for hydroxylation is 2. The highest BCUT2D eigenvalue weighted by molar-refractivity contribution is 8.13. The van der Waals surface area contributed by atoms with Gasteiger partial charge in [-0.25, -0.2) is 0 Å². The second-order valence-electron chi connectivity index (χ2n) is 10.8. The zero-order valence-corrected chi connectivity index (χ0v) is 27.5. The van der Waals surface area contributed by atoms with Gasteiger partial charge in [0.25, 0.3) is 10.5 Å². The Labute approximate surface area is 280 Å². The molecule has 2 N–H and O–H groups in total. The highest BCUT2D eigenvalue weighted by atomic mass is 32.2. The second kappa shape index (κ2) is 16.5. The normalized spacial score (nSPS) is 11.6. The van der Waals surface area contributed by atoms with Gasteiger partial charge < -0.3 is 10.6 Å². The Balaban J connectivity index is 1.27. The lowest BCUT2D eigenvalue weighted by atomic mass is 10.0. The quantitative estimate of drug-likeness (QED) is 0.149. The van der Waals surface area contributed by atoms with Crippen molar-refractivity contribution >= 4 is 57.5 Å². The van der Waals surface area contributed by atoms with Crippen LogP contribution < -0.4 is 10.6 Å². The molecule has 0 radical (unpaired) electrons. The SMILES string of the molecule is Cc1cc(CSC(=O)NC(=Cc2ccccc2)c2ccccc2)c(CSC(=O)NC(=Cc2ccccc2)c2ccccc2)cc1C. The summed E-state index contributed by atoms with van der Waals surface area (Å²) >= 11 is 2.45. The molecule has 0 aromatic heterocycles. The first-order chi connectivity index (χ1) is 22.4. The summed E-state index contributed by atoms with van der Waals surface area (Å²) in [6, 6.07) is 43.9. The summed E-state index contributed by atoms with van der Waals surface area (Å²) in [5, 5.41) is 5.95. The van der Waals surface area contributed by atoms with Crippen LogP contribution in [0.25, 0.3) is 23.5 Å². The van der Waals surface area contributed by atoms with Gasteiger partial charge >= 0.3 is 0 Å². The van der Waals surface area contributed by atoms with Crippen LogP contribution in [0.5, 0.6) is 0 Å². The van der Waals surface area contributed by atoms with E-state index in [-0.39, 0.29) is 10.5 Å². The number of nitrogens with one attached hydrogen (secondary N) is 2. The molecule has 0 bridgehead atoms. The zero-order valence-electron chi connectivity index (χ0n) is 25.9. The summed E-state index contributed by atoms with van der Waals surface area (Å²) in [7, 11) is 0. The molecule has 5 rings (SSSR count). The van der Waals surface area contributed by atoms with E-state index in [4.69, 9.17) is 0 Å². The summed E-state index contributed by atoms with van der Waals surface area (Å²) in [4.78, 5) is 26.5. The van der Waals surface area contributed by atoms with Crippen LogP contribution in [0, 0.1) is 13.8 Å². The number of benzene rings is 5. The standard InChI is InChI=1S/C40H36N2O2S2/c1-29-23-35(27-45-39(43)41-37(33-19-11-5-12-20-33)25-31-15-7-3-8-16-31)36(24-30(29)2)28-46-40(44)42-38(34-21-13-6-14-22-34)26-32-17-9-4-10-18-32/h3-26H,27-28H2,1-2H3,(H,41,43)(H,42,44). The molecule has 5 aromatic rings. The van der Waals surface area contributed by atoms with Crippen molar-refractivity contribution in [3.05, 3.63) is 178 Å². The molecule has 0 fully saturated rings. The number of carbonyl (C=O) groups excluding carboxylic acids is 2. The Kier molecular flexibility index (Phi) is 11.7. The molecule has 0 aliphatic rings. The first-order valence-electron chi connectivity index (χ1n) is 15.1. The van der Waals surface area contributed by atoms with Gasteiger partial charge in [-0.05, 0) is 70.5 Å². The van der Waals surface area contributed by atoms with Crippen molar-refractivity contribution in [2.75, 3.05) is 0 Å². The number of hydrogen-bond acceptors (Lipinski definition) is 4. The van der Waals surface area contributed by atoms with E-state index in [0.29, 0.717) is 11.5 Å². The third-order valence-corrected chi connectivity index (χ3v) is 9.04. The van der Waals surface area contributed by atoms with Gasteiger partial charge in [0.15, 0.2) is 0 Å². The lowest BCUT2D eigenvalue weighted by Gasteiger charge is -2.15. The van der Waals surface area contributed by atoms with Crippen LogP contribution in [0.3, 0.4) is 0 Å². The first kappa shape index (κ1) is 32.6. The molecule has 0 unspecified atom stereocenters. The third kappa shape index (κ3) is 9.61. The minimum Gasteiger partial charge on any atom is -0.316 e. The summed E-state index contributed by atoms with van der Waals surface area (Å²) in [5.74, 6) is 0.974. The van der Waals surface area contributed by atoms with E-state index < -0.39 is 0 Å². The smallest absolute Gasteiger partial charge is 0.283 e. The largest absolute Gasteiger partial charge is 0.316 e. The Morgan fingerprint density at radius 1 is 0.522 bits per heavy atom. The van der Waals surface area contributed by atoms with Crippen molar-refractivity contribution in [1.29, 1.82) is 0 Å². The Morgan fingerprint density at radius 2 is 0.848 bits per heavy atom. The van der Waals surface area contributed by atoms with E-state index in [1.807, 2.05) is 133 Å². The molecule has 0 atom stereocenters. The monoisotopic (exact) mass is 640 g/mol. The van der Waals surface area contributed by atoms with Crippen LogP contribution in [0.2, 0.25) is 0 Å². The molecule has 6 heteroatoms. The van der Waals surface area contributed by atoms with E-state index >= 15 is 0 Å². The van der Waals surface area contributed by atoms with Gasteiger partial charge in [-0.1, -0.05) is 157 Å². The molecule has 46 heavy (non-hydrogen) atoms. The Hall–Kier alpha value is -4.78. The van der Waals surface area contributed by atoms with Gasteiger partial charge in [0.05, 0.1) is 0 Å². The van der Waals surface area contributed by atoms with E-state index in [9.17, 15) is 9.59 Å². The minimum absolute atomic E-state index is 0.140. The van der Waals surface area contributed by atoms with Gasteiger partial charge in [-0.3, -0.25) is 9.59 Å². The molecule has 230 valence electrons. The maximum Gasteiger partial charge on any atom is 0.283 e. The molecule has 0 saturated carbocycles. The number of thioether (sulfide) groups is 2. The predicted molar refractivity (Wildman–Crippen MR) is 197 cm³/mol. The predicted octanol–water partition coefficient (Wildman–Crippen LogP) is 10.6. The highest BCUT2D eigenvalue weighted by Gasteiger charge is 2.14. The lowest BCUT2D eigenvalue weighted by molar-refractivity contribution is 0.263. The van der Waals surface area contributed by atoms with Crippen molar-refractivity contribution in [1.82, 2.24) is 10.6 Å². The topological polar surface area (TPSA) is 58.2 Å². The molecule has 0 heterocycles. The van der Waals surface area contributed by atoms with Crippen LogP contribution >= 0.6 is 23.5 Å². The number of rotatable bonds is 10. The fourth-order valence-electron chi connectivity index (χ4n) is 4.83. The molecule has 0 spiro atoms. The van der Waals surface area contributed by atoms with Gasteiger partial charge in [0.1, 0.15) is 0 Å². The first-order valence-corrected chi connectivity index (χ1v) is 17.0. The van der Waals surface area contributed by atoms with Crippen molar-refractivity contribution in [3.63, 3.8) is 0 Å². The van der Waals surface area contributed by atoms with Crippen LogP contribution in [-0.4, -0.2) is 10.5 Å². The third-order valence-electron chi connectivity index (χ3n) is 7.40. The van der Waals surface area contributed by atoms with Crippen LogP contribution in [0.15, 0.2) is 133 Å². The fourth-order valence-corrected chi connectivity index (χ4v) is 6.31. The van der Waals surface area contributed by atoms with Crippen molar-refractivity contribution in [2.24, 2.45) is 0 Å². The average Bonchev–Trinajstić information content (AvgIpc) is 3.09. The average molecular weight is 641 g/mol. The van der Waals surface area contributed by atoms with Crippen LogP contribution in [0.1, 0.15) is 44.5 Å². The van der Waals surface area contributed by atoms with E-state index in [0.717, 1.165) is 55.9 Å². The maximum atomic E-state index is 13.3. The molecule has 5 aromatic carbocycles. The van der Waals surface area contributed by atoms with Gasteiger partial charge in [-0.2, -0.15) is 0 Å². The van der Waals surface area contributed by atoms with E-state index in [1.165, 1.54) is 23.5 Å². The summed E-state index contributed by atoms with van der Waals surface area (Å²) in [5.41, 5.74) is 9.76. The molecular weight excluding hydrogens is 605 g/mol. The molecular formula is C40H36N2O2S2. The second-order valence-corrected chi connectivity index (χ2v) is 12.7. The zero-order chi connectivity index (χ0) is 32.1. The summed E-state index contributed by atoms with van der Waals surface area (Å²) in [6.07, 6.45) is 3.97. The highest BCUT2D eigenvalue weighted by Crippen LogP contribution is 2.27. The fraction of sp³-hybridized carbons (Fsp3) is 0.100. The maximum absolute atomic E-state index is 13.3. The molecule has 2 amide bonds. The van der Waals surface area contributed by atoms with Crippen molar-refractivity contribution in [3.8, 4) is 0 Å². The Bertz CT molecular complexity index is 1690. The van der Waals surface area contributed by atoms with E-state index in [1.54, 1.807) is 0 Å².